The SMILES string of the molecule is Cc1nc2c(cnn2C(C)C)cc1C(=O)NC(C)C1CCCO1. The van der Waals surface area contributed by atoms with Gasteiger partial charge in [0.1, 0.15) is 0 Å². The van der Waals surface area contributed by atoms with Gasteiger partial charge in [-0.2, -0.15) is 5.10 Å². The lowest BCUT2D eigenvalue weighted by Crippen LogP contribution is -2.41. The number of pyridine rings is 1. The van der Waals surface area contributed by atoms with E-state index in [2.05, 4.69) is 29.2 Å². The highest BCUT2D eigenvalue weighted by molar-refractivity contribution is 5.98. The number of hydrogen-bond donors (Lipinski definition) is 1. The van der Waals surface area contributed by atoms with Crippen LogP contribution in [0.3, 0.4) is 0 Å². The maximum atomic E-state index is 12.6. The van der Waals surface area contributed by atoms with Crippen LogP contribution in [-0.2, 0) is 4.74 Å². The third-order valence-electron chi connectivity index (χ3n) is 4.37. The molecule has 0 bridgehead atoms. The molecule has 1 amide bonds. The molecule has 0 spiro atoms. The van der Waals surface area contributed by atoms with Gasteiger partial charge in [-0.25, -0.2) is 9.67 Å². The minimum Gasteiger partial charge on any atom is -0.376 e. The van der Waals surface area contributed by atoms with E-state index in [1.54, 1.807) is 6.20 Å². The van der Waals surface area contributed by atoms with Gasteiger partial charge in [-0.05, 0) is 46.6 Å². The summed E-state index contributed by atoms with van der Waals surface area (Å²) in [5, 5.41) is 8.29. The zero-order valence-corrected chi connectivity index (χ0v) is 14.2. The Morgan fingerprint density at radius 2 is 2.22 bits per heavy atom. The number of nitrogens with zero attached hydrogens (tertiary/aromatic N) is 3. The number of hydrogen-bond acceptors (Lipinski definition) is 4. The molecule has 6 heteroatoms. The molecule has 1 fully saturated rings. The highest BCUT2D eigenvalue weighted by Crippen LogP contribution is 2.20. The number of aromatic nitrogens is 3. The summed E-state index contributed by atoms with van der Waals surface area (Å²) in [6.45, 7) is 8.77. The first kappa shape index (κ1) is 15.9. The van der Waals surface area contributed by atoms with E-state index in [1.165, 1.54) is 0 Å². The molecule has 0 aromatic carbocycles. The number of ether oxygens (including phenoxy) is 1. The predicted octanol–water partition coefficient (Wildman–Crippen LogP) is 2.62. The van der Waals surface area contributed by atoms with E-state index < -0.39 is 0 Å². The summed E-state index contributed by atoms with van der Waals surface area (Å²) in [7, 11) is 0. The van der Waals surface area contributed by atoms with Crippen molar-refractivity contribution in [2.75, 3.05) is 6.61 Å². The second kappa shape index (κ2) is 6.28. The van der Waals surface area contributed by atoms with Gasteiger partial charge in [0, 0.05) is 18.0 Å². The van der Waals surface area contributed by atoms with Gasteiger partial charge in [0.15, 0.2) is 5.65 Å². The molecule has 1 aliphatic heterocycles. The number of rotatable bonds is 4. The van der Waals surface area contributed by atoms with Crippen LogP contribution < -0.4 is 5.32 Å². The number of carbonyl (C=O) groups is 1. The van der Waals surface area contributed by atoms with Crippen molar-refractivity contribution >= 4 is 16.9 Å². The Kier molecular flexibility index (Phi) is 4.35. The van der Waals surface area contributed by atoms with Crippen LogP contribution >= 0.6 is 0 Å². The second-order valence-electron chi connectivity index (χ2n) is 6.53. The maximum absolute atomic E-state index is 12.6. The van der Waals surface area contributed by atoms with Crippen LogP contribution in [0.4, 0.5) is 0 Å². The van der Waals surface area contributed by atoms with E-state index in [4.69, 9.17) is 4.74 Å². The fraction of sp³-hybridized carbons (Fsp3) is 0.588. The van der Waals surface area contributed by atoms with Crippen molar-refractivity contribution < 1.29 is 9.53 Å². The Bertz CT molecular complexity index is 717. The Morgan fingerprint density at radius 3 is 2.87 bits per heavy atom. The van der Waals surface area contributed by atoms with Crippen molar-refractivity contribution in [1.29, 1.82) is 0 Å². The molecule has 3 heterocycles. The average Bonchev–Trinajstić information content (AvgIpc) is 3.15. The first-order valence-corrected chi connectivity index (χ1v) is 8.24. The van der Waals surface area contributed by atoms with Crippen LogP contribution in [0.25, 0.3) is 11.0 Å². The van der Waals surface area contributed by atoms with E-state index in [1.807, 2.05) is 24.6 Å². The fourth-order valence-electron chi connectivity index (χ4n) is 3.05. The van der Waals surface area contributed by atoms with Gasteiger partial charge >= 0.3 is 0 Å². The number of nitrogens with one attached hydrogen (secondary N) is 1. The summed E-state index contributed by atoms with van der Waals surface area (Å²) < 4.78 is 7.51. The summed E-state index contributed by atoms with van der Waals surface area (Å²) in [6.07, 6.45) is 3.94. The summed E-state index contributed by atoms with van der Waals surface area (Å²) >= 11 is 0. The number of fused-ring (bicyclic) bond motifs is 1. The summed E-state index contributed by atoms with van der Waals surface area (Å²) in [5.41, 5.74) is 2.14. The van der Waals surface area contributed by atoms with Crippen molar-refractivity contribution in [3.8, 4) is 0 Å². The first-order valence-electron chi connectivity index (χ1n) is 8.24. The van der Waals surface area contributed by atoms with Crippen LogP contribution in [0, 0.1) is 6.92 Å². The molecule has 23 heavy (non-hydrogen) atoms. The van der Waals surface area contributed by atoms with Crippen LogP contribution in [-0.4, -0.2) is 39.4 Å². The van der Waals surface area contributed by atoms with Gasteiger partial charge in [0.05, 0.1) is 29.6 Å². The Hall–Kier alpha value is -1.95. The van der Waals surface area contributed by atoms with Crippen LogP contribution in [0.15, 0.2) is 12.3 Å². The largest absolute Gasteiger partial charge is 0.376 e. The molecule has 2 unspecified atom stereocenters. The third kappa shape index (κ3) is 3.08. The van der Waals surface area contributed by atoms with Crippen LogP contribution in [0.2, 0.25) is 0 Å². The first-order chi connectivity index (χ1) is 11.0. The van der Waals surface area contributed by atoms with Crippen molar-refractivity contribution in [2.24, 2.45) is 0 Å². The smallest absolute Gasteiger partial charge is 0.253 e. The molecule has 6 nitrogen and oxygen atoms in total. The zero-order valence-electron chi connectivity index (χ0n) is 14.2. The minimum absolute atomic E-state index is 0.00140. The number of aryl methyl sites for hydroxylation is 1. The van der Waals surface area contributed by atoms with Crippen LogP contribution in [0.5, 0.6) is 0 Å². The molecule has 0 saturated carbocycles. The fourth-order valence-corrected chi connectivity index (χ4v) is 3.05. The Morgan fingerprint density at radius 1 is 1.43 bits per heavy atom. The third-order valence-corrected chi connectivity index (χ3v) is 4.37. The molecule has 3 rings (SSSR count). The molecular weight excluding hydrogens is 292 g/mol. The number of carbonyl (C=O) groups excluding carboxylic acids is 1. The van der Waals surface area contributed by atoms with Crippen molar-refractivity contribution in [1.82, 2.24) is 20.1 Å². The summed E-state index contributed by atoms with van der Waals surface area (Å²) in [5.74, 6) is -0.0998. The van der Waals surface area contributed by atoms with Gasteiger partial charge in [0.2, 0.25) is 0 Å². The van der Waals surface area contributed by atoms with E-state index in [9.17, 15) is 4.79 Å². The van der Waals surface area contributed by atoms with Crippen LogP contribution in [0.1, 0.15) is 55.7 Å². The molecule has 0 radical (unpaired) electrons. The molecule has 2 atom stereocenters. The van der Waals surface area contributed by atoms with Crippen molar-refractivity contribution in [3.05, 3.63) is 23.5 Å². The average molecular weight is 316 g/mol. The highest BCUT2D eigenvalue weighted by atomic mass is 16.5. The standard InChI is InChI=1S/C17H24N4O2/c1-10(2)21-16-13(9-18-21)8-14(11(3)19-16)17(22)20-12(4)15-6-5-7-23-15/h8-10,12,15H,5-7H2,1-4H3,(H,20,22). The van der Waals surface area contributed by atoms with Gasteiger partial charge in [-0.1, -0.05) is 0 Å². The van der Waals surface area contributed by atoms with Crippen molar-refractivity contribution in [2.45, 2.75) is 58.7 Å². The van der Waals surface area contributed by atoms with Crippen molar-refractivity contribution in [3.63, 3.8) is 0 Å². The van der Waals surface area contributed by atoms with E-state index in [0.717, 1.165) is 36.2 Å². The van der Waals surface area contributed by atoms with E-state index in [0.29, 0.717) is 5.56 Å². The summed E-state index contributed by atoms with van der Waals surface area (Å²) in [6, 6.07) is 2.11. The topological polar surface area (TPSA) is 69.0 Å². The Labute approximate surface area is 136 Å². The maximum Gasteiger partial charge on any atom is 0.253 e. The normalized spacial score (nSPS) is 19.4. The molecule has 1 saturated heterocycles. The quantitative estimate of drug-likeness (QED) is 0.941. The van der Waals surface area contributed by atoms with Gasteiger partial charge in [-0.15, -0.1) is 0 Å². The highest BCUT2D eigenvalue weighted by Gasteiger charge is 2.25. The Balaban J connectivity index is 1.84. The second-order valence-corrected chi connectivity index (χ2v) is 6.53. The zero-order chi connectivity index (χ0) is 16.6. The summed E-state index contributed by atoms with van der Waals surface area (Å²) in [4.78, 5) is 17.2. The molecule has 2 aromatic rings. The molecule has 2 aromatic heterocycles. The van der Waals surface area contributed by atoms with Gasteiger partial charge in [0.25, 0.3) is 5.91 Å². The molecule has 1 N–H and O–H groups in total. The lowest BCUT2D eigenvalue weighted by atomic mass is 10.1. The molecule has 1 aliphatic rings. The number of amides is 1. The lowest BCUT2D eigenvalue weighted by Gasteiger charge is -2.20. The predicted molar refractivity (Wildman–Crippen MR) is 88.6 cm³/mol. The monoisotopic (exact) mass is 316 g/mol. The van der Waals surface area contributed by atoms with E-state index >= 15 is 0 Å². The van der Waals surface area contributed by atoms with E-state index in [-0.39, 0.29) is 24.1 Å². The van der Waals surface area contributed by atoms with Gasteiger partial charge < -0.3 is 10.1 Å². The lowest BCUT2D eigenvalue weighted by molar-refractivity contribution is 0.0712. The molecule has 0 aliphatic carbocycles. The molecule has 124 valence electrons. The molecular formula is C17H24N4O2. The van der Waals surface area contributed by atoms with Gasteiger partial charge in [-0.3, -0.25) is 4.79 Å². The minimum atomic E-state index is -0.0998.